The minimum atomic E-state index is -2.64. The second kappa shape index (κ2) is 3.88. The molecule has 0 fully saturated rings. The highest BCUT2D eigenvalue weighted by atomic mass is 79.9. The molecule has 0 unspecified atom stereocenters. The highest BCUT2D eigenvalue weighted by molar-refractivity contribution is 9.10. The molecule has 0 aliphatic heterocycles. The number of rotatable bonds is 2. The SMILES string of the molecule is [2H]C([2H])([2H])N(Cc1ccc(Br)cc1)C([2H])([2H])[2H]. The van der Waals surface area contributed by atoms with Crippen LogP contribution in [0.3, 0.4) is 0 Å². The molecule has 1 nitrogen and oxygen atoms in total. The molecule has 0 amide bonds. The van der Waals surface area contributed by atoms with Gasteiger partial charge in [0.1, 0.15) is 0 Å². The molecule has 0 saturated carbocycles. The summed E-state index contributed by atoms with van der Waals surface area (Å²) in [5.41, 5.74) is 0.639. The Labute approximate surface area is 84.6 Å². The van der Waals surface area contributed by atoms with Gasteiger partial charge >= 0.3 is 0 Å². The van der Waals surface area contributed by atoms with E-state index in [4.69, 9.17) is 8.22 Å². The molecular weight excluding hydrogens is 202 g/mol. The lowest BCUT2D eigenvalue weighted by Gasteiger charge is -2.08. The van der Waals surface area contributed by atoms with Crippen LogP contribution in [0.2, 0.25) is 0 Å². The quantitative estimate of drug-likeness (QED) is 0.740. The van der Waals surface area contributed by atoms with Crippen LogP contribution in [-0.4, -0.2) is 18.9 Å². The zero-order chi connectivity index (χ0) is 13.3. The zero-order valence-electron chi connectivity index (χ0n) is 11.8. The van der Waals surface area contributed by atoms with E-state index in [1.54, 1.807) is 24.3 Å². The largest absolute Gasteiger partial charge is 0.305 e. The average Bonchev–Trinajstić information content (AvgIpc) is 2.13. The molecule has 0 N–H and O–H groups in total. The van der Waals surface area contributed by atoms with E-state index >= 15 is 0 Å². The predicted molar refractivity (Wildman–Crippen MR) is 51.5 cm³/mol. The normalized spacial score (nSPS) is 20.9. The van der Waals surface area contributed by atoms with Crippen LogP contribution in [0, 0.1) is 0 Å². The Bertz CT molecular complexity index is 355. The number of halogens is 1. The van der Waals surface area contributed by atoms with Crippen molar-refractivity contribution in [3.63, 3.8) is 0 Å². The first-order valence-corrected chi connectivity index (χ1v) is 3.92. The van der Waals surface area contributed by atoms with Gasteiger partial charge in [-0.25, -0.2) is 0 Å². The third-order valence-corrected chi connectivity index (χ3v) is 1.78. The van der Waals surface area contributed by atoms with Gasteiger partial charge in [0.05, 0.1) is 0 Å². The van der Waals surface area contributed by atoms with Gasteiger partial charge in [-0.1, -0.05) is 28.1 Å². The molecule has 0 aliphatic rings. The molecular formula is C9H12BrN. The van der Waals surface area contributed by atoms with Gasteiger partial charge in [0.15, 0.2) is 0 Å². The maximum absolute atomic E-state index is 7.23. The van der Waals surface area contributed by atoms with Crippen LogP contribution in [0.15, 0.2) is 28.7 Å². The van der Waals surface area contributed by atoms with E-state index < -0.39 is 14.0 Å². The van der Waals surface area contributed by atoms with Gasteiger partial charge < -0.3 is 4.90 Å². The van der Waals surface area contributed by atoms with E-state index in [1.807, 2.05) is 0 Å². The van der Waals surface area contributed by atoms with Crippen molar-refractivity contribution in [1.82, 2.24) is 4.90 Å². The van der Waals surface area contributed by atoms with E-state index in [9.17, 15) is 0 Å². The second-order valence-corrected chi connectivity index (χ2v) is 3.13. The maximum atomic E-state index is 7.23. The summed E-state index contributed by atoms with van der Waals surface area (Å²) in [6.45, 7) is -5.42. The van der Waals surface area contributed by atoms with Gasteiger partial charge in [-0.15, -0.1) is 0 Å². The lowest BCUT2D eigenvalue weighted by molar-refractivity contribution is 0.402. The number of nitrogens with zero attached hydrogens (tertiary/aromatic N) is 1. The van der Waals surface area contributed by atoms with E-state index in [0.29, 0.717) is 10.5 Å². The van der Waals surface area contributed by atoms with Crippen LogP contribution in [0.5, 0.6) is 0 Å². The van der Waals surface area contributed by atoms with Crippen molar-refractivity contribution in [2.24, 2.45) is 0 Å². The molecule has 0 bridgehead atoms. The van der Waals surface area contributed by atoms with Crippen molar-refractivity contribution in [1.29, 1.82) is 0 Å². The molecule has 0 aliphatic carbocycles. The Kier molecular flexibility index (Phi) is 1.26. The summed E-state index contributed by atoms with van der Waals surface area (Å²) < 4.78 is 44.2. The molecule has 0 spiro atoms. The molecule has 0 atom stereocenters. The average molecular weight is 220 g/mol. The van der Waals surface area contributed by atoms with Gasteiger partial charge in [0.2, 0.25) is 0 Å². The Morgan fingerprint density at radius 1 is 1.36 bits per heavy atom. The van der Waals surface area contributed by atoms with Crippen LogP contribution in [-0.2, 0) is 6.54 Å². The van der Waals surface area contributed by atoms with E-state index in [0.717, 1.165) is 4.47 Å². The van der Waals surface area contributed by atoms with Crippen LogP contribution in [0.25, 0.3) is 0 Å². The molecule has 1 aromatic carbocycles. The standard InChI is InChI=1S/C9H12BrN/c1-11(2)7-8-3-5-9(10)6-4-8/h3-6H,7H2,1-2H3/i1D3,2D3. The molecule has 0 radical (unpaired) electrons. The van der Waals surface area contributed by atoms with Crippen molar-refractivity contribution in [2.45, 2.75) is 6.54 Å². The molecule has 0 aromatic heterocycles. The molecule has 0 saturated heterocycles. The van der Waals surface area contributed by atoms with Crippen molar-refractivity contribution in [3.8, 4) is 0 Å². The molecule has 2 heteroatoms. The minimum absolute atomic E-state index is 0.139. The summed E-state index contributed by atoms with van der Waals surface area (Å²) in [6, 6.07) is 6.86. The maximum Gasteiger partial charge on any atom is 0.0394 e. The minimum Gasteiger partial charge on any atom is -0.305 e. The molecule has 60 valence electrons. The van der Waals surface area contributed by atoms with Crippen molar-refractivity contribution < 1.29 is 8.22 Å². The predicted octanol–water partition coefficient (Wildman–Crippen LogP) is 2.51. The topological polar surface area (TPSA) is 3.24 Å². The van der Waals surface area contributed by atoms with Crippen LogP contribution >= 0.6 is 15.9 Å². The van der Waals surface area contributed by atoms with Gasteiger partial charge in [-0.3, -0.25) is 0 Å². The highest BCUT2D eigenvalue weighted by Gasteiger charge is 1.93. The fourth-order valence-corrected chi connectivity index (χ4v) is 1.04. The lowest BCUT2D eigenvalue weighted by Crippen LogP contribution is -2.10. The molecule has 1 aromatic rings. The van der Waals surface area contributed by atoms with Crippen LogP contribution < -0.4 is 0 Å². The fraction of sp³-hybridized carbons (Fsp3) is 0.333. The van der Waals surface area contributed by atoms with Crippen molar-refractivity contribution in [3.05, 3.63) is 34.3 Å². The summed E-state index contributed by atoms with van der Waals surface area (Å²) in [7, 11) is 0. The third kappa shape index (κ3) is 3.04. The first-order chi connectivity index (χ1) is 7.60. The van der Waals surface area contributed by atoms with Gasteiger partial charge in [0.25, 0.3) is 0 Å². The van der Waals surface area contributed by atoms with Crippen molar-refractivity contribution in [2.75, 3.05) is 14.0 Å². The summed E-state index contributed by atoms with van der Waals surface area (Å²) in [5, 5.41) is 0. The zero-order valence-corrected chi connectivity index (χ0v) is 7.43. The Hall–Kier alpha value is -0.340. The second-order valence-electron chi connectivity index (χ2n) is 2.21. The smallest absolute Gasteiger partial charge is 0.0394 e. The highest BCUT2D eigenvalue weighted by Crippen LogP contribution is 2.10. The lowest BCUT2D eigenvalue weighted by atomic mass is 10.2. The van der Waals surface area contributed by atoms with Crippen LogP contribution in [0.4, 0.5) is 0 Å². The first-order valence-electron chi connectivity index (χ1n) is 6.13. The van der Waals surface area contributed by atoms with Gasteiger partial charge in [-0.2, -0.15) is 0 Å². The Balaban J connectivity index is 2.92. The summed E-state index contributed by atoms with van der Waals surface area (Å²) in [4.78, 5) is 0.531. The van der Waals surface area contributed by atoms with E-state index in [-0.39, 0.29) is 6.54 Å². The fourth-order valence-electron chi connectivity index (χ4n) is 0.772. The molecule has 0 heterocycles. The molecule has 1 rings (SSSR count). The summed E-state index contributed by atoms with van der Waals surface area (Å²) in [5.74, 6) is 0. The Morgan fingerprint density at radius 2 is 2.00 bits per heavy atom. The number of hydrogen-bond donors (Lipinski definition) is 0. The van der Waals surface area contributed by atoms with E-state index in [1.165, 1.54) is 0 Å². The molecule has 11 heavy (non-hydrogen) atoms. The van der Waals surface area contributed by atoms with Gasteiger partial charge in [0, 0.05) is 19.2 Å². The Morgan fingerprint density at radius 3 is 2.55 bits per heavy atom. The number of hydrogen-bond acceptors (Lipinski definition) is 1. The van der Waals surface area contributed by atoms with E-state index in [2.05, 4.69) is 15.9 Å². The van der Waals surface area contributed by atoms with Crippen molar-refractivity contribution >= 4 is 15.9 Å². The monoisotopic (exact) mass is 219 g/mol. The summed E-state index contributed by atoms with van der Waals surface area (Å²) in [6.07, 6.45) is 0. The number of benzene rings is 1. The van der Waals surface area contributed by atoms with Gasteiger partial charge in [-0.05, 0) is 31.6 Å². The summed E-state index contributed by atoms with van der Waals surface area (Å²) >= 11 is 3.25. The van der Waals surface area contributed by atoms with Crippen LogP contribution in [0.1, 0.15) is 13.8 Å². The first kappa shape index (κ1) is 3.58. The third-order valence-electron chi connectivity index (χ3n) is 1.25.